The molecule has 0 amide bonds. The van der Waals surface area contributed by atoms with Crippen LogP contribution in [0.15, 0.2) is 18.2 Å². The molecule has 1 atom stereocenters. The smallest absolute Gasteiger partial charge is 0.335 e. The van der Waals surface area contributed by atoms with Gasteiger partial charge in [0.1, 0.15) is 5.82 Å². The fraction of sp³-hybridized carbons (Fsp3) is 0.125. The van der Waals surface area contributed by atoms with E-state index in [4.69, 9.17) is 9.66 Å². The van der Waals surface area contributed by atoms with Gasteiger partial charge >= 0.3 is 5.97 Å². The Morgan fingerprint density at radius 2 is 2.14 bits per heavy atom. The molecule has 1 unspecified atom stereocenters. The summed E-state index contributed by atoms with van der Waals surface area (Å²) >= 11 is -2.18. The van der Waals surface area contributed by atoms with Crippen molar-refractivity contribution in [3.8, 4) is 0 Å². The van der Waals surface area contributed by atoms with Gasteiger partial charge in [-0.2, -0.15) is 0 Å². The minimum Gasteiger partial charge on any atom is -0.478 e. The number of aromatic carboxylic acids is 1. The minimum atomic E-state index is -2.18. The van der Waals surface area contributed by atoms with Crippen LogP contribution in [0.5, 0.6) is 0 Å². The third-order valence-electron chi connectivity index (χ3n) is 1.57. The summed E-state index contributed by atoms with van der Waals surface area (Å²) in [5.41, 5.74) is -0.183. The highest BCUT2D eigenvalue weighted by molar-refractivity contribution is 7.78. The number of benzene rings is 1. The topological polar surface area (TPSA) is 74.6 Å². The maximum Gasteiger partial charge on any atom is 0.335 e. The van der Waals surface area contributed by atoms with Crippen LogP contribution >= 0.6 is 0 Å². The molecule has 4 nitrogen and oxygen atoms in total. The maximum absolute atomic E-state index is 13.0. The third-order valence-corrected chi connectivity index (χ3v) is 2.13. The lowest BCUT2D eigenvalue weighted by atomic mass is 10.1. The summed E-state index contributed by atoms with van der Waals surface area (Å²) in [6.45, 7) is 0. The van der Waals surface area contributed by atoms with Crippen molar-refractivity contribution in [3.63, 3.8) is 0 Å². The summed E-state index contributed by atoms with van der Waals surface area (Å²) < 4.78 is 31.9. The highest BCUT2D eigenvalue weighted by Gasteiger charge is 2.09. The van der Waals surface area contributed by atoms with E-state index < -0.39 is 28.6 Å². The van der Waals surface area contributed by atoms with Crippen molar-refractivity contribution in [2.75, 3.05) is 0 Å². The molecule has 14 heavy (non-hydrogen) atoms. The molecule has 0 aromatic heterocycles. The van der Waals surface area contributed by atoms with Gasteiger partial charge in [-0.1, -0.05) is 0 Å². The number of halogens is 1. The highest BCUT2D eigenvalue weighted by Crippen LogP contribution is 2.12. The Labute approximate surface area is 81.7 Å². The van der Waals surface area contributed by atoms with Crippen molar-refractivity contribution in [1.82, 2.24) is 0 Å². The summed E-state index contributed by atoms with van der Waals surface area (Å²) in [6.07, 6.45) is 0. The summed E-state index contributed by atoms with van der Waals surface area (Å²) in [6, 6.07) is 3.11. The standard InChI is InChI=1S/C8H7FO4S/c9-7-2-1-5(8(10)11)3-6(7)4-14(12)13/h1-3H,4H2,(H,10,11)(H,12,13). The van der Waals surface area contributed by atoms with E-state index in [0.717, 1.165) is 18.2 Å². The highest BCUT2D eigenvalue weighted by atomic mass is 32.2. The zero-order valence-electron chi connectivity index (χ0n) is 6.94. The average Bonchev–Trinajstić information content (AvgIpc) is 2.07. The average molecular weight is 218 g/mol. The lowest BCUT2D eigenvalue weighted by Crippen LogP contribution is -2.02. The molecule has 6 heteroatoms. The van der Waals surface area contributed by atoms with Gasteiger partial charge < -0.3 is 9.66 Å². The second-order valence-electron chi connectivity index (χ2n) is 2.58. The molecule has 0 fully saturated rings. The normalized spacial score (nSPS) is 12.4. The van der Waals surface area contributed by atoms with E-state index in [-0.39, 0.29) is 11.1 Å². The van der Waals surface area contributed by atoms with Crippen LogP contribution in [0, 0.1) is 5.82 Å². The molecule has 0 radical (unpaired) electrons. The van der Waals surface area contributed by atoms with E-state index >= 15 is 0 Å². The van der Waals surface area contributed by atoms with Crippen LogP contribution in [-0.2, 0) is 16.8 Å². The maximum atomic E-state index is 13.0. The molecule has 1 aromatic rings. The van der Waals surface area contributed by atoms with Gasteiger partial charge in [0.15, 0.2) is 11.1 Å². The van der Waals surface area contributed by atoms with E-state index in [1.165, 1.54) is 0 Å². The van der Waals surface area contributed by atoms with Crippen molar-refractivity contribution in [2.45, 2.75) is 5.75 Å². The van der Waals surface area contributed by atoms with Gasteiger partial charge in [-0.25, -0.2) is 13.4 Å². The number of carbonyl (C=O) groups is 1. The number of hydrogen-bond donors (Lipinski definition) is 2. The molecule has 0 aliphatic heterocycles. The first kappa shape index (κ1) is 10.8. The molecular formula is C8H7FO4S. The third kappa shape index (κ3) is 2.61. The summed E-state index contributed by atoms with van der Waals surface area (Å²) in [5.74, 6) is -2.29. The van der Waals surface area contributed by atoms with Crippen LogP contribution in [0.1, 0.15) is 15.9 Å². The second-order valence-corrected chi connectivity index (χ2v) is 3.51. The molecule has 1 rings (SSSR count). The van der Waals surface area contributed by atoms with Crippen molar-refractivity contribution >= 4 is 17.0 Å². The lowest BCUT2D eigenvalue weighted by molar-refractivity contribution is 0.0696. The Balaban J connectivity index is 3.08. The molecule has 0 spiro atoms. The Kier molecular flexibility index (Phi) is 3.32. The number of carboxylic acid groups (broad SMARTS) is 1. The molecule has 2 N–H and O–H groups in total. The van der Waals surface area contributed by atoms with Crippen LogP contribution in [0.25, 0.3) is 0 Å². The predicted molar refractivity (Wildman–Crippen MR) is 47.8 cm³/mol. The summed E-state index contributed by atoms with van der Waals surface area (Å²) in [5, 5.41) is 8.57. The van der Waals surface area contributed by atoms with Crippen molar-refractivity contribution in [3.05, 3.63) is 35.1 Å². The lowest BCUT2D eigenvalue weighted by Gasteiger charge is -2.01. The zero-order valence-corrected chi connectivity index (χ0v) is 7.75. The molecule has 0 saturated heterocycles. The van der Waals surface area contributed by atoms with Gasteiger partial charge in [0.05, 0.1) is 11.3 Å². The number of carboxylic acids is 1. The summed E-state index contributed by atoms with van der Waals surface area (Å²) in [7, 11) is 0. The minimum absolute atomic E-state index is 0.0780. The Morgan fingerprint density at radius 1 is 1.50 bits per heavy atom. The SMILES string of the molecule is O=C(O)c1ccc(F)c(CS(=O)O)c1. The van der Waals surface area contributed by atoms with E-state index in [9.17, 15) is 13.4 Å². The van der Waals surface area contributed by atoms with Crippen LogP contribution < -0.4 is 0 Å². The number of rotatable bonds is 3. The molecule has 76 valence electrons. The van der Waals surface area contributed by atoms with Gasteiger partial charge in [0.25, 0.3) is 0 Å². The molecule has 0 aliphatic carbocycles. The first-order valence-corrected chi connectivity index (χ1v) is 4.87. The van der Waals surface area contributed by atoms with Crippen LogP contribution in [0.4, 0.5) is 4.39 Å². The Morgan fingerprint density at radius 3 is 2.64 bits per heavy atom. The van der Waals surface area contributed by atoms with Gasteiger partial charge in [0, 0.05) is 5.56 Å². The first-order valence-electron chi connectivity index (χ1n) is 3.60. The van der Waals surface area contributed by atoms with Crippen molar-refractivity contribution in [1.29, 1.82) is 0 Å². The Bertz CT molecular complexity index is 391. The zero-order chi connectivity index (χ0) is 10.7. The van der Waals surface area contributed by atoms with Crippen LogP contribution in [0.3, 0.4) is 0 Å². The second kappa shape index (κ2) is 4.30. The predicted octanol–water partition coefficient (Wildman–Crippen LogP) is 1.25. The molecule has 1 aromatic carbocycles. The molecular weight excluding hydrogens is 211 g/mol. The monoisotopic (exact) mass is 218 g/mol. The Hall–Kier alpha value is -1.27. The molecule has 0 bridgehead atoms. The van der Waals surface area contributed by atoms with Gasteiger partial charge in [-0.15, -0.1) is 0 Å². The van der Waals surface area contributed by atoms with Crippen LogP contribution in [-0.4, -0.2) is 19.8 Å². The van der Waals surface area contributed by atoms with E-state index in [1.807, 2.05) is 0 Å². The van der Waals surface area contributed by atoms with E-state index in [0.29, 0.717) is 0 Å². The van der Waals surface area contributed by atoms with Crippen LogP contribution in [0.2, 0.25) is 0 Å². The van der Waals surface area contributed by atoms with E-state index in [2.05, 4.69) is 0 Å². The quantitative estimate of drug-likeness (QED) is 0.748. The van der Waals surface area contributed by atoms with Gasteiger partial charge in [-0.05, 0) is 18.2 Å². The summed E-state index contributed by atoms with van der Waals surface area (Å²) in [4.78, 5) is 10.5. The molecule has 0 heterocycles. The fourth-order valence-electron chi connectivity index (χ4n) is 0.951. The molecule has 0 saturated carbocycles. The fourth-order valence-corrected chi connectivity index (χ4v) is 1.44. The number of hydrogen-bond acceptors (Lipinski definition) is 2. The molecule has 0 aliphatic rings. The van der Waals surface area contributed by atoms with Crippen molar-refractivity contribution in [2.24, 2.45) is 0 Å². The van der Waals surface area contributed by atoms with E-state index in [1.54, 1.807) is 0 Å². The van der Waals surface area contributed by atoms with Gasteiger partial charge in [-0.3, -0.25) is 0 Å². The van der Waals surface area contributed by atoms with Gasteiger partial charge in [0.2, 0.25) is 0 Å². The van der Waals surface area contributed by atoms with Crippen molar-refractivity contribution < 1.29 is 23.1 Å². The largest absolute Gasteiger partial charge is 0.478 e. The first-order chi connectivity index (χ1) is 6.50.